The number of urea groups is 1. The molecule has 23 heavy (non-hydrogen) atoms. The maximum Gasteiger partial charge on any atom is 0.315 e. The Morgan fingerprint density at radius 1 is 1.48 bits per heavy atom. The molecule has 0 saturated carbocycles. The van der Waals surface area contributed by atoms with Crippen molar-refractivity contribution in [3.63, 3.8) is 0 Å². The lowest BCUT2D eigenvalue weighted by molar-refractivity contribution is 0.0529. The number of nitrogens with zero attached hydrogens (tertiary/aromatic N) is 2. The molecule has 2 heterocycles. The molecule has 2 rings (SSSR count). The fourth-order valence-electron chi connectivity index (χ4n) is 2.60. The summed E-state index contributed by atoms with van der Waals surface area (Å²) in [5.41, 5.74) is 1.71. The Labute approximate surface area is 137 Å². The molecule has 0 aromatic carbocycles. The van der Waals surface area contributed by atoms with E-state index in [4.69, 9.17) is 9.26 Å². The van der Waals surface area contributed by atoms with Crippen LogP contribution in [0.4, 0.5) is 4.79 Å². The monoisotopic (exact) mass is 324 g/mol. The average molecular weight is 324 g/mol. The maximum absolute atomic E-state index is 11.9. The van der Waals surface area contributed by atoms with Gasteiger partial charge in [0.1, 0.15) is 12.0 Å². The molecule has 1 aliphatic heterocycles. The largest absolute Gasteiger partial charge is 0.377 e. The fraction of sp³-hybridized carbons (Fsp3) is 0.750. The normalized spacial score (nSPS) is 16.7. The van der Waals surface area contributed by atoms with Crippen LogP contribution in [-0.4, -0.2) is 54.5 Å². The van der Waals surface area contributed by atoms with Gasteiger partial charge in [0.2, 0.25) is 0 Å². The highest BCUT2D eigenvalue weighted by atomic mass is 16.5. The Hall–Kier alpha value is -1.60. The van der Waals surface area contributed by atoms with E-state index in [1.807, 2.05) is 6.92 Å². The zero-order valence-electron chi connectivity index (χ0n) is 14.3. The van der Waals surface area contributed by atoms with Gasteiger partial charge in [-0.3, -0.25) is 0 Å². The van der Waals surface area contributed by atoms with Gasteiger partial charge in [-0.1, -0.05) is 5.16 Å². The zero-order valence-corrected chi connectivity index (χ0v) is 14.3. The number of piperidine rings is 1. The molecule has 0 atom stereocenters. The summed E-state index contributed by atoms with van der Waals surface area (Å²) in [6, 6.07) is 0.0877. The second-order valence-electron chi connectivity index (χ2n) is 6.31. The smallest absolute Gasteiger partial charge is 0.315 e. The number of aryl methyl sites for hydroxylation is 1. The maximum atomic E-state index is 11.9. The van der Waals surface area contributed by atoms with Crippen LogP contribution in [0.2, 0.25) is 0 Å². The number of hydrogen-bond donors (Lipinski definition) is 2. The molecule has 1 fully saturated rings. The summed E-state index contributed by atoms with van der Waals surface area (Å²) in [5, 5.41) is 9.70. The fourth-order valence-corrected chi connectivity index (χ4v) is 2.60. The van der Waals surface area contributed by atoms with Crippen LogP contribution in [0.5, 0.6) is 0 Å². The minimum Gasteiger partial charge on any atom is -0.377 e. The lowest BCUT2D eigenvalue weighted by atomic mass is 10.1. The molecule has 0 unspecified atom stereocenters. The summed E-state index contributed by atoms with van der Waals surface area (Å²) < 4.78 is 10.4. The van der Waals surface area contributed by atoms with E-state index in [0.717, 1.165) is 50.3 Å². The minimum absolute atomic E-state index is 0.144. The number of carbonyl (C=O) groups is 1. The Bertz CT molecular complexity index is 481. The average Bonchev–Trinajstić information content (AvgIpc) is 2.92. The third-order valence-corrected chi connectivity index (χ3v) is 4.05. The molecule has 7 heteroatoms. The van der Waals surface area contributed by atoms with Crippen molar-refractivity contribution in [2.24, 2.45) is 0 Å². The number of ether oxygens (including phenoxy) is 1. The third kappa shape index (κ3) is 6.19. The molecule has 1 aromatic heterocycles. The molecule has 1 saturated heterocycles. The molecule has 0 bridgehead atoms. The quantitative estimate of drug-likeness (QED) is 0.797. The van der Waals surface area contributed by atoms with Gasteiger partial charge in [0.15, 0.2) is 0 Å². The van der Waals surface area contributed by atoms with Crippen LogP contribution in [0.15, 0.2) is 10.8 Å². The van der Waals surface area contributed by atoms with Crippen LogP contribution in [0.3, 0.4) is 0 Å². The highest BCUT2D eigenvalue weighted by molar-refractivity contribution is 5.74. The van der Waals surface area contributed by atoms with Crippen molar-refractivity contribution in [1.29, 1.82) is 0 Å². The highest BCUT2D eigenvalue weighted by Crippen LogP contribution is 2.10. The van der Waals surface area contributed by atoms with Crippen LogP contribution >= 0.6 is 0 Å². The SMILES string of the molecule is Cc1conc1CNC(=O)NC1CCN(CCOC(C)C)CC1. The number of amides is 2. The Morgan fingerprint density at radius 3 is 2.83 bits per heavy atom. The molecular formula is C16H28N4O3. The third-order valence-electron chi connectivity index (χ3n) is 4.05. The van der Waals surface area contributed by atoms with Crippen molar-refractivity contribution in [3.8, 4) is 0 Å². The van der Waals surface area contributed by atoms with Crippen molar-refractivity contribution in [2.45, 2.75) is 52.3 Å². The van der Waals surface area contributed by atoms with Crippen LogP contribution in [0.25, 0.3) is 0 Å². The lowest BCUT2D eigenvalue weighted by Crippen LogP contribution is -2.48. The number of rotatable bonds is 7. The van der Waals surface area contributed by atoms with Crippen molar-refractivity contribution in [3.05, 3.63) is 17.5 Å². The summed E-state index contributed by atoms with van der Waals surface area (Å²) >= 11 is 0. The first-order valence-electron chi connectivity index (χ1n) is 8.32. The van der Waals surface area contributed by atoms with Gasteiger partial charge in [-0.15, -0.1) is 0 Å². The summed E-state index contributed by atoms with van der Waals surface area (Å²) in [7, 11) is 0. The number of aromatic nitrogens is 1. The van der Waals surface area contributed by atoms with Gasteiger partial charge in [0.05, 0.1) is 19.3 Å². The molecule has 1 aromatic rings. The first-order chi connectivity index (χ1) is 11.0. The predicted molar refractivity (Wildman–Crippen MR) is 87.2 cm³/mol. The molecule has 0 radical (unpaired) electrons. The highest BCUT2D eigenvalue weighted by Gasteiger charge is 2.20. The van der Waals surface area contributed by atoms with Gasteiger partial charge in [-0.2, -0.15) is 0 Å². The van der Waals surface area contributed by atoms with E-state index in [1.54, 1.807) is 6.26 Å². The second kappa shape index (κ2) is 8.88. The second-order valence-corrected chi connectivity index (χ2v) is 6.31. The molecule has 7 nitrogen and oxygen atoms in total. The summed E-state index contributed by atoms with van der Waals surface area (Å²) in [5.74, 6) is 0. The van der Waals surface area contributed by atoms with Gasteiger partial charge in [0, 0.05) is 31.2 Å². The summed E-state index contributed by atoms with van der Waals surface area (Å²) in [4.78, 5) is 14.3. The standard InChI is InChI=1S/C16H28N4O3/c1-12(2)22-9-8-20-6-4-14(5-7-20)18-16(21)17-10-15-13(3)11-23-19-15/h11-12,14H,4-10H2,1-3H3,(H2,17,18,21). The number of likely N-dealkylation sites (tertiary alicyclic amines) is 1. The van der Waals surface area contributed by atoms with E-state index in [9.17, 15) is 4.79 Å². The first-order valence-corrected chi connectivity index (χ1v) is 8.32. The van der Waals surface area contributed by atoms with Crippen LogP contribution < -0.4 is 10.6 Å². The molecule has 0 aliphatic carbocycles. The van der Waals surface area contributed by atoms with Gasteiger partial charge in [0.25, 0.3) is 0 Å². The summed E-state index contributed by atoms with van der Waals surface area (Å²) in [6.45, 7) is 10.1. The van der Waals surface area contributed by atoms with Gasteiger partial charge < -0.3 is 24.8 Å². The van der Waals surface area contributed by atoms with Gasteiger partial charge in [-0.25, -0.2) is 4.79 Å². The van der Waals surface area contributed by atoms with E-state index in [1.165, 1.54) is 0 Å². The first kappa shape index (κ1) is 17.7. The van der Waals surface area contributed by atoms with Crippen molar-refractivity contribution in [1.82, 2.24) is 20.7 Å². The number of carbonyl (C=O) groups excluding carboxylic acids is 1. The summed E-state index contributed by atoms with van der Waals surface area (Å²) in [6.07, 6.45) is 3.80. The molecular weight excluding hydrogens is 296 g/mol. The van der Waals surface area contributed by atoms with E-state index >= 15 is 0 Å². The van der Waals surface area contributed by atoms with Crippen molar-refractivity contribution < 1.29 is 14.1 Å². The van der Waals surface area contributed by atoms with E-state index in [0.29, 0.717) is 6.54 Å². The van der Waals surface area contributed by atoms with E-state index < -0.39 is 0 Å². The van der Waals surface area contributed by atoms with Crippen LogP contribution in [0, 0.1) is 6.92 Å². The molecule has 1 aliphatic rings. The topological polar surface area (TPSA) is 79.6 Å². The number of nitrogens with one attached hydrogen (secondary N) is 2. The molecule has 2 N–H and O–H groups in total. The van der Waals surface area contributed by atoms with E-state index in [-0.39, 0.29) is 18.2 Å². The van der Waals surface area contributed by atoms with Crippen LogP contribution in [0.1, 0.15) is 37.9 Å². The van der Waals surface area contributed by atoms with Crippen LogP contribution in [-0.2, 0) is 11.3 Å². The Balaban J connectivity index is 1.60. The molecule has 2 amide bonds. The van der Waals surface area contributed by atoms with Gasteiger partial charge in [-0.05, 0) is 33.6 Å². The Morgan fingerprint density at radius 2 is 2.22 bits per heavy atom. The van der Waals surface area contributed by atoms with Crippen molar-refractivity contribution in [2.75, 3.05) is 26.2 Å². The molecule has 130 valence electrons. The minimum atomic E-state index is -0.144. The lowest BCUT2D eigenvalue weighted by Gasteiger charge is -2.32. The van der Waals surface area contributed by atoms with E-state index in [2.05, 4.69) is 34.5 Å². The van der Waals surface area contributed by atoms with Crippen molar-refractivity contribution >= 4 is 6.03 Å². The zero-order chi connectivity index (χ0) is 16.7. The number of hydrogen-bond acceptors (Lipinski definition) is 5. The predicted octanol–water partition coefficient (Wildman–Crippen LogP) is 1.67. The van der Waals surface area contributed by atoms with Gasteiger partial charge >= 0.3 is 6.03 Å². The Kier molecular flexibility index (Phi) is 6.85. The molecule has 0 spiro atoms.